The van der Waals surface area contributed by atoms with Crippen LogP contribution in [0.1, 0.15) is 18.5 Å². The Morgan fingerprint density at radius 2 is 2.19 bits per heavy atom. The first-order valence-electron chi connectivity index (χ1n) is 5.03. The minimum absolute atomic E-state index is 0.0105. The van der Waals surface area contributed by atoms with Gasteiger partial charge in [0.15, 0.2) is 0 Å². The number of nitrogens with one attached hydrogen (secondary N) is 1. The molecule has 1 rings (SSSR count). The number of hydrogen-bond acceptors (Lipinski definition) is 3. The van der Waals surface area contributed by atoms with Gasteiger partial charge in [0, 0.05) is 0 Å². The summed E-state index contributed by atoms with van der Waals surface area (Å²) in [6, 6.07) is 11.8. The average Bonchev–Trinajstić information content (AvgIpc) is 2.30. The van der Waals surface area contributed by atoms with Gasteiger partial charge in [-0.25, -0.2) is 0 Å². The van der Waals surface area contributed by atoms with Crippen LogP contribution in [0.4, 0.5) is 0 Å². The van der Waals surface area contributed by atoms with E-state index >= 15 is 0 Å². The summed E-state index contributed by atoms with van der Waals surface area (Å²) in [5.41, 5.74) is 1.08. The van der Waals surface area contributed by atoms with Crippen LogP contribution in [0, 0.1) is 11.3 Å². The molecule has 1 aromatic rings. The van der Waals surface area contributed by atoms with Crippen molar-refractivity contribution < 1.29 is 4.79 Å². The minimum Gasteiger partial charge on any atom is -0.349 e. The second-order valence-electron chi connectivity index (χ2n) is 3.35. The van der Waals surface area contributed by atoms with Crippen LogP contribution in [-0.2, 0) is 4.79 Å². The highest BCUT2D eigenvalue weighted by molar-refractivity contribution is 8.00. The van der Waals surface area contributed by atoms with E-state index in [2.05, 4.69) is 5.32 Å². The van der Waals surface area contributed by atoms with Gasteiger partial charge in [-0.2, -0.15) is 5.26 Å². The molecule has 0 aromatic heterocycles. The van der Waals surface area contributed by atoms with Gasteiger partial charge < -0.3 is 5.32 Å². The lowest BCUT2D eigenvalue weighted by Gasteiger charge is -2.13. The molecule has 0 radical (unpaired) electrons. The van der Waals surface area contributed by atoms with Crippen LogP contribution in [0.3, 0.4) is 0 Å². The Labute approximate surface area is 99.8 Å². The molecular weight excluding hydrogens is 220 g/mol. The summed E-state index contributed by atoms with van der Waals surface area (Å²) < 4.78 is 0. The Kier molecular flexibility index (Phi) is 5.44. The average molecular weight is 234 g/mol. The predicted molar refractivity (Wildman–Crippen MR) is 65.9 cm³/mol. The Morgan fingerprint density at radius 1 is 1.50 bits per heavy atom. The first-order chi connectivity index (χ1) is 7.74. The summed E-state index contributed by atoms with van der Waals surface area (Å²) in [4.78, 5) is 11.5. The van der Waals surface area contributed by atoms with Crippen molar-refractivity contribution in [3.63, 3.8) is 0 Å². The third-order valence-electron chi connectivity index (χ3n) is 2.08. The normalized spacial score (nSPS) is 11.5. The highest BCUT2D eigenvalue weighted by Crippen LogP contribution is 2.11. The van der Waals surface area contributed by atoms with Crippen molar-refractivity contribution in [1.29, 1.82) is 5.26 Å². The summed E-state index contributed by atoms with van der Waals surface area (Å²) >= 11 is 1.33. The predicted octanol–water partition coefficient (Wildman–Crippen LogP) is 2.12. The lowest BCUT2D eigenvalue weighted by molar-refractivity contribution is -0.119. The third kappa shape index (κ3) is 4.37. The van der Waals surface area contributed by atoms with E-state index in [1.165, 1.54) is 11.8 Å². The van der Waals surface area contributed by atoms with E-state index in [0.717, 1.165) is 5.56 Å². The van der Waals surface area contributed by atoms with Gasteiger partial charge in [0.2, 0.25) is 5.91 Å². The fourth-order valence-electron chi connectivity index (χ4n) is 1.30. The van der Waals surface area contributed by atoms with Crippen LogP contribution in [0.25, 0.3) is 0 Å². The SMILES string of the molecule is C[C@@H](NC(=O)CSCC#N)c1ccccc1. The molecule has 0 bridgehead atoms. The molecule has 3 nitrogen and oxygen atoms in total. The van der Waals surface area contributed by atoms with Crippen LogP contribution in [-0.4, -0.2) is 17.4 Å². The summed E-state index contributed by atoms with van der Waals surface area (Å²) in [6.07, 6.45) is 0. The van der Waals surface area contributed by atoms with E-state index in [0.29, 0.717) is 11.5 Å². The van der Waals surface area contributed by atoms with Gasteiger partial charge in [0.05, 0.1) is 23.6 Å². The van der Waals surface area contributed by atoms with E-state index in [4.69, 9.17) is 5.26 Å². The molecule has 0 saturated carbocycles. The van der Waals surface area contributed by atoms with Crippen molar-refractivity contribution in [3.05, 3.63) is 35.9 Å². The standard InChI is InChI=1S/C12H14N2OS/c1-10(11-5-3-2-4-6-11)14-12(15)9-16-8-7-13/h2-6,10H,8-9H2,1H3,(H,14,15)/t10-/m1/s1. The molecule has 0 unspecified atom stereocenters. The number of nitriles is 1. The molecule has 0 fully saturated rings. The first-order valence-corrected chi connectivity index (χ1v) is 6.18. The van der Waals surface area contributed by atoms with Gasteiger partial charge in [-0.3, -0.25) is 4.79 Å². The van der Waals surface area contributed by atoms with Gasteiger partial charge >= 0.3 is 0 Å². The van der Waals surface area contributed by atoms with Crippen LogP contribution in [0.15, 0.2) is 30.3 Å². The molecule has 0 aliphatic rings. The molecule has 0 saturated heterocycles. The molecule has 0 spiro atoms. The summed E-state index contributed by atoms with van der Waals surface area (Å²) in [5, 5.41) is 11.2. The monoisotopic (exact) mass is 234 g/mol. The van der Waals surface area contributed by atoms with E-state index in [-0.39, 0.29) is 11.9 Å². The lowest BCUT2D eigenvalue weighted by atomic mass is 10.1. The molecule has 84 valence electrons. The molecule has 4 heteroatoms. The van der Waals surface area contributed by atoms with Crippen LogP contribution < -0.4 is 5.32 Å². The Balaban J connectivity index is 2.37. The van der Waals surface area contributed by atoms with E-state index < -0.39 is 0 Å². The molecule has 1 N–H and O–H groups in total. The summed E-state index contributed by atoms with van der Waals surface area (Å²) in [5.74, 6) is 0.661. The highest BCUT2D eigenvalue weighted by atomic mass is 32.2. The number of benzene rings is 1. The number of nitrogens with zero attached hydrogens (tertiary/aromatic N) is 1. The maximum Gasteiger partial charge on any atom is 0.230 e. The second-order valence-corrected chi connectivity index (χ2v) is 4.34. The molecule has 16 heavy (non-hydrogen) atoms. The van der Waals surface area contributed by atoms with Gasteiger partial charge in [-0.15, -0.1) is 11.8 Å². The van der Waals surface area contributed by atoms with Crippen LogP contribution in [0.5, 0.6) is 0 Å². The number of carbonyl (C=O) groups excluding carboxylic acids is 1. The maximum atomic E-state index is 11.5. The lowest BCUT2D eigenvalue weighted by Crippen LogP contribution is -2.28. The van der Waals surface area contributed by atoms with Gasteiger partial charge in [0.1, 0.15) is 0 Å². The fourth-order valence-corrected chi connectivity index (χ4v) is 1.76. The van der Waals surface area contributed by atoms with Crippen molar-refractivity contribution in [2.75, 3.05) is 11.5 Å². The summed E-state index contributed by atoms with van der Waals surface area (Å²) in [7, 11) is 0. The molecule has 1 atom stereocenters. The fraction of sp³-hybridized carbons (Fsp3) is 0.333. The smallest absolute Gasteiger partial charge is 0.230 e. The van der Waals surface area contributed by atoms with Crippen LogP contribution >= 0.6 is 11.8 Å². The molecule has 0 aliphatic heterocycles. The zero-order chi connectivity index (χ0) is 11.8. The van der Waals surface area contributed by atoms with Crippen molar-refractivity contribution in [1.82, 2.24) is 5.32 Å². The zero-order valence-corrected chi connectivity index (χ0v) is 9.96. The van der Waals surface area contributed by atoms with Gasteiger partial charge in [0.25, 0.3) is 0 Å². The quantitative estimate of drug-likeness (QED) is 0.794. The number of thioether (sulfide) groups is 1. The molecular formula is C12H14N2OS. The minimum atomic E-state index is -0.0309. The number of amides is 1. The summed E-state index contributed by atoms with van der Waals surface area (Å²) in [6.45, 7) is 1.95. The number of rotatable bonds is 5. The zero-order valence-electron chi connectivity index (χ0n) is 9.14. The Morgan fingerprint density at radius 3 is 2.81 bits per heavy atom. The van der Waals surface area contributed by atoms with Crippen molar-refractivity contribution >= 4 is 17.7 Å². The van der Waals surface area contributed by atoms with Crippen molar-refractivity contribution in [2.24, 2.45) is 0 Å². The van der Waals surface area contributed by atoms with Crippen molar-refractivity contribution in [2.45, 2.75) is 13.0 Å². The Bertz CT molecular complexity index is 372. The van der Waals surface area contributed by atoms with E-state index in [1.54, 1.807) is 0 Å². The molecule has 0 aliphatic carbocycles. The largest absolute Gasteiger partial charge is 0.349 e. The number of hydrogen-bond donors (Lipinski definition) is 1. The molecule has 0 heterocycles. The van der Waals surface area contributed by atoms with Crippen LogP contribution in [0.2, 0.25) is 0 Å². The third-order valence-corrected chi connectivity index (χ3v) is 2.88. The topological polar surface area (TPSA) is 52.9 Å². The van der Waals surface area contributed by atoms with Gasteiger partial charge in [-0.1, -0.05) is 30.3 Å². The molecule has 1 aromatic carbocycles. The van der Waals surface area contributed by atoms with E-state index in [9.17, 15) is 4.79 Å². The Hall–Kier alpha value is -1.47. The number of carbonyl (C=O) groups is 1. The molecule has 1 amide bonds. The van der Waals surface area contributed by atoms with E-state index in [1.807, 2.05) is 43.3 Å². The van der Waals surface area contributed by atoms with Gasteiger partial charge in [-0.05, 0) is 12.5 Å². The van der Waals surface area contributed by atoms with Crippen molar-refractivity contribution in [3.8, 4) is 6.07 Å². The first kappa shape index (κ1) is 12.6. The highest BCUT2D eigenvalue weighted by Gasteiger charge is 2.08. The second kappa shape index (κ2) is 6.91. The maximum absolute atomic E-state index is 11.5.